The summed E-state index contributed by atoms with van der Waals surface area (Å²) in [6.07, 6.45) is 6.23. The molecule has 0 radical (unpaired) electrons. The lowest BCUT2D eigenvalue weighted by Crippen LogP contribution is -2.50. The highest BCUT2D eigenvalue weighted by Crippen LogP contribution is 2.37. The van der Waals surface area contributed by atoms with Crippen molar-refractivity contribution in [1.29, 1.82) is 5.26 Å². The molecule has 0 saturated heterocycles. The number of aromatic nitrogens is 2. The van der Waals surface area contributed by atoms with E-state index in [2.05, 4.69) is 34.2 Å². The van der Waals surface area contributed by atoms with E-state index in [1.807, 2.05) is 18.2 Å². The van der Waals surface area contributed by atoms with E-state index in [4.69, 9.17) is 0 Å². The van der Waals surface area contributed by atoms with Gasteiger partial charge in [-0.2, -0.15) is 5.26 Å². The number of nitriles is 1. The van der Waals surface area contributed by atoms with Crippen LogP contribution in [0.1, 0.15) is 32.1 Å². The second-order valence-corrected chi connectivity index (χ2v) is 9.31. The molecule has 1 aromatic carbocycles. The SMILES string of the molecule is CN(C(=O)CSc1ncnc2sc(-c3ccccc3)cc12)C1(C#N)CCCCC1. The van der Waals surface area contributed by atoms with Crippen LogP contribution in [0.5, 0.6) is 0 Å². The van der Waals surface area contributed by atoms with E-state index in [0.717, 1.165) is 57.8 Å². The van der Waals surface area contributed by atoms with Crippen molar-refractivity contribution in [2.75, 3.05) is 12.8 Å². The highest BCUT2D eigenvalue weighted by Gasteiger charge is 2.38. The molecule has 0 bridgehead atoms. The molecule has 1 amide bonds. The Hall–Kier alpha value is -2.43. The lowest BCUT2D eigenvalue weighted by molar-refractivity contribution is -0.131. The van der Waals surface area contributed by atoms with E-state index in [9.17, 15) is 10.1 Å². The number of carbonyl (C=O) groups excluding carboxylic acids is 1. The molecule has 0 N–H and O–H groups in total. The number of benzene rings is 1. The lowest BCUT2D eigenvalue weighted by Gasteiger charge is -2.39. The molecule has 5 nitrogen and oxygen atoms in total. The third-order valence-electron chi connectivity index (χ3n) is 5.59. The molecule has 1 fully saturated rings. The summed E-state index contributed by atoms with van der Waals surface area (Å²) in [5.74, 6) is 0.242. The number of thiophene rings is 1. The molecule has 0 atom stereocenters. The van der Waals surface area contributed by atoms with E-state index in [0.29, 0.717) is 0 Å². The van der Waals surface area contributed by atoms with Gasteiger partial charge in [-0.1, -0.05) is 61.4 Å². The maximum atomic E-state index is 12.9. The Morgan fingerprint density at radius 3 is 2.72 bits per heavy atom. The van der Waals surface area contributed by atoms with Gasteiger partial charge in [0.15, 0.2) is 0 Å². The van der Waals surface area contributed by atoms with Crippen LogP contribution >= 0.6 is 23.1 Å². The zero-order valence-electron chi connectivity index (χ0n) is 16.3. The average Bonchev–Trinajstić information content (AvgIpc) is 3.23. The van der Waals surface area contributed by atoms with Crippen LogP contribution in [0.2, 0.25) is 0 Å². The molecule has 1 saturated carbocycles. The van der Waals surface area contributed by atoms with Crippen molar-refractivity contribution in [3.8, 4) is 16.5 Å². The van der Waals surface area contributed by atoms with Gasteiger partial charge in [0.1, 0.15) is 21.7 Å². The number of hydrogen-bond donors (Lipinski definition) is 0. The molecule has 29 heavy (non-hydrogen) atoms. The van der Waals surface area contributed by atoms with Gasteiger partial charge < -0.3 is 4.90 Å². The van der Waals surface area contributed by atoms with Gasteiger partial charge >= 0.3 is 0 Å². The van der Waals surface area contributed by atoms with Gasteiger partial charge in [-0.25, -0.2) is 9.97 Å². The predicted octanol–water partition coefficient (Wildman–Crippen LogP) is 5.14. The fourth-order valence-electron chi connectivity index (χ4n) is 3.82. The fourth-order valence-corrected chi connectivity index (χ4v) is 5.77. The van der Waals surface area contributed by atoms with Crippen LogP contribution in [-0.2, 0) is 4.79 Å². The lowest BCUT2D eigenvalue weighted by atomic mass is 9.81. The minimum absolute atomic E-state index is 0.0243. The van der Waals surface area contributed by atoms with Gasteiger partial charge in [0.25, 0.3) is 0 Å². The van der Waals surface area contributed by atoms with Gasteiger partial charge in [-0.3, -0.25) is 4.79 Å². The first-order valence-corrected chi connectivity index (χ1v) is 11.5. The molecule has 1 aliphatic rings. The van der Waals surface area contributed by atoms with E-state index >= 15 is 0 Å². The van der Waals surface area contributed by atoms with E-state index in [1.165, 1.54) is 11.8 Å². The van der Waals surface area contributed by atoms with Crippen LogP contribution in [-0.4, -0.2) is 39.1 Å². The Morgan fingerprint density at radius 1 is 1.24 bits per heavy atom. The first-order chi connectivity index (χ1) is 14.1. The predicted molar refractivity (Wildman–Crippen MR) is 118 cm³/mol. The Morgan fingerprint density at radius 2 is 2.00 bits per heavy atom. The Bertz CT molecular complexity index is 1050. The van der Waals surface area contributed by atoms with Crippen LogP contribution in [0, 0.1) is 11.3 Å². The second-order valence-electron chi connectivity index (χ2n) is 7.32. The summed E-state index contributed by atoms with van der Waals surface area (Å²) < 4.78 is 0. The van der Waals surface area contributed by atoms with Gasteiger partial charge in [0.05, 0.1) is 11.8 Å². The number of hydrogen-bond acceptors (Lipinski definition) is 6. The standard InChI is InChI=1S/C22H22N4OS2/c1-26(22(14-23)10-6-3-7-11-22)19(27)13-28-20-17-12-18(16-8-4-2-5-9-16)29-21(17)25-15-24-20/h2,4-5,8-9,12,15H,3,6-7,10-11,13H2,1H3. The van der Waals surface area contributed by atoms with Gasteiger partial charge in [0.2, 0.25) is 5.91 Å². The molecule has 1 aliphatic carbocycles. The Labute approximate surface area is 178 Å². The Balaban J connectivity index is 1.52. The minimum atomic E-state index is -0.653. The molecule has 0 aliphatic heterocycles. The second kappa shape index (κ2) is 8.52. The molecule has 0 spiro atoms. The zero-order valence-corrected chi connectivity index (χ0v) is 17.9. The molecule has 4 rings (SSSR count). The van der Waals surface area contributed by atoms with Crippen molar-refractivity contribution in [2.45, 2.75) is 42.7 Å². The summed E-state index contributed by atoms with van der Waals surface area (Å²) in [5, 5.41) is 11.5. The van der Waals surface area contributed by atoms with E-state index < -0.39 is 5.54 Å². The van der Waals surface area contributed by atoms with Gasteiger partial charge in [0, 0.05) is 17.3 Å². The van der Waals surface area contributed by atoms with Gasteiger partial charge in [-0.05, 0) is 24.5 Å². The average molecular weight is 423 g/mol. The third-order valence-corrected chi connectivity index (χ3v) is 7.67. The zero-order chi connectivity index (χ0) is 20.3. The van der Waals surface area contributed by atoms with Crippen LogP contribution in [0.25, 0.3) is 20.7 Å². The summed E-state index contributed by atoms with van der Waals surface area (Å²) in [4.78, 5) is 25.4. The van der Waals surface area contributed by atoms with Crippen molar-refractivity contribution in [3.63, 3.8) is 0 Å². The topological polar surface area (TPSA) is 69.9 Å². The smallest absolute Gasteiger partial charge is 0.234 e. The van der Waals surface area contributed by atoms with Crippen LogP contribution in [0.4, 0.5) is 0 Å². The summed E-state index contributed by atoms with van der Waals surface area (Å²) in [6, 6.07) is 14.7. The van der Waals surface area contributed by atoms with Crippen LogP contribution in [0.3, 0.4) is 0 Å². The molecule has 2 aromatic heterocycles. The number of carbonyl (C=O) groups is 1. The fraction of sp³-hybridized carbons (Fsp3) is 0.364. The highest BCUT2D eigenvalue weighted by atomic mass is 32.2. The maximum Gasteiger partial charge on any atom is 0.234 e. The number of nitrogens with zero attached hydrogens (tertiary/aromatic N) is 4. The normalized spacial score (nSPS) is 15.7. The monoisotopic (exact) mass is 422 g/mol. The van der Waals surface area contributed by atoms with Gasteiger partial charge in [-0.15, -0.1) is 11.3 Å². The molecule has 7 heteroatoms. The summed E-state index contributed by atoms with van der Waals surface area (Å²) in [6.45, 7) is 0. The Kier molecular flexibility index (Phi) is 5.84. The summed E-state index contributed by atoms with van der Waals surface area (Å²) in [5.41, 5.74) is 0.496. The first kappa shape index (κ1) is 19.9. The number of amides is 1. The number of rotatable bonds is 5. The van der Waals surface area contributed by atoms with Crippen molar-refractivity contribution in [1.82, 2.24) is 14.9 Å². The van der Waals surface area contributed by atoms with E-state index in [-0.39, 0.29) is 11.7 Å². The third kappa shape index (κ3) is 4.00. The largest absolute Gasteiger partial charge is 0.326 e. The number of fused-ring (bicyclic) bond motifs is 1. The first-order valence-electron chi connectivity index (χ1n) is 9.74. The highest BCUT2D eigenvalue weighted by molar-refractivity contribution is 8.00. The molecular formula is C22H22N4OS2. The molecule has 3 aromatic rings. The van der Waals surface area contributed by atoms with Crippen LogP contribution in [0.15, 0.2) is 47.8 Å². The summed E-state index contributed by atoms with van der Waals surface area (Å²) >= 11 is 3.05. The quantitative estimate of drug-likeness (QED) is 0.421. The van der Waals surface area contributed by atoms with Crippen molar-refractivity contribution in [3.05, 3.63) is 42.7 Å². The molecule has 148 valence electrons. The van der Waals surface area contributed by atoms with Crippen molar-refractivity contribution in [2.24, 2.45) is 0 Å². The maximum absolute atomic E-state index is 12.9. The molecular weight excluding hydrogens is 400 g/mol. The number of thioether (sulfide) groups is 1. The van der Waals surface area contributed by atoms with E-state index in [1.54, 1.807) is 29.6 Å². The van der Waals surface area contributed by atoms with Crippen molar-refractivity contribution < 1.29 is 4.79 Å². The molecule has 2 heterocycles. The molecule has 0 unspecified atom stereocenters. The van der Waals surface area contributed by atoms with Crippen molar-refractivity contribution >= 4 is 39.2 Å². The summed E-state index contributed by atoms with van der Waals surface area (Å²) in [7, 11) is 1.77. The minimum Gasteiger partial charge on any atom is -0.326 e. The van der Waals surface area contributed by atoms with Crippen LogP contribution < -0.4 is 0 Å².